The molecule has 0 aliphatic carbocycles. The zero-order chi connectivity index (χ0) is 13.5. The Hall–Kier alpha value is -0.860. The Labute approximate surface area is 112 Å². The molecule has 0 aliphatic heterocycles. The highest BCUT2D eigenvalue weighted by atomic mass is 15.0. The van der Waals surface area contributed by atoms with Crippen molar-refractivity contribution in [3.05, 3.63) is 34.4 Å². The van der Waals surface area contributed by atoms with Gasteiger partial charge in [-0.05, 0) is 83.1 Å². The molecule has 0 atom stereocenters. The van der Waals surface area contributed by atoms with E-state index in [-0.39, 0.29) is 0 Å². The van der Waals surface area contributed by atoms with E-state index < -0.39 is 0 Å². The first-order chi connectivity index (χ1) is 8.50. The number of nitrogens with one attached hydrogen (secondary N) is 1. The highest BCUT2D eigenvalue weighted by molar-refractivity contribution is 5.36. The maximum atomic E-state index is 3.54. The van der Waals surface area contributed by atoms with E-state index in [2.05, 4.69) is 57.2 Å². The molecule has 18 heavy (non-hydrogen) atoms. The largest absolute Gasteiger partial charge is 0.313 e. The van der Waals surface area contributed by atoms with Crippen LogP contribution < -0.4 is 5.32 Å². The second kappa shape index (κ2) is 7.55. The zero-order valence-electron chi connectivity index (χ0n) is 12.6. The number of hydrogen-bond donors (Lipinski definition) is 1. The smallest absolute Gasteiger partial charge is 0.0208 e. The summed E-state index contributed by atoms with van der Waals surface area (Å²) in [7, 11) is 4.26. The third-order valence-corrected chi connectivity index (χ3v) is 3.48. The molecule has 0 aromatic heterocycles. The number of nitrogens with zero attached hydrogens (tertiary/aromatic N) is 1. The predicted molar refractivity (Wildman–Crippen MR) is 80.1 cm³/mol. The third-order valence-electron chi connectivity index (χ3n) is 3.48. The van der Waals surface area contributed by atoms with E-state index in [4.69, 9.17) is 0 Å². The lowest BCUT2D eigenvalue weighted by Gasteiger charge is -2.12. The maximum absolute atomic E-state index is 3.54. The Morgan fingerprint density at radius 2 is 1.61 bits per heavy atom. The zero-order valence-corrected chi connectivity index (χ0v) is 12.6. The molecule has 0 bridgehead atoms. The number of hydrogen-bond acceptors (Lipinski definition) is 2. The Morgan fingerprint density at radius 3 is 2.28 bits per heavy atom. The van der Waals surface area contributed by atoms with Crippen LogP contribution in [0, 0.1) is 20.8 Å². The number of rotatable bonds is 7. The van der Waals surface area contributed by atoms with Gasteiger partial charge < -0.3 is 10.2 Å². The molecule has 1 aromatic rings. The van der Waals surface area contributed by atoms with Crippen LogP contribution in [0.2, 0.25) is 0 Å². The van der Waals surface area contributed by atoms with Crippen LogP contribution in [0.4, 0.5) is 0 Å². The van der Waals surface area contributed by atoms with E-state index in [0.717, 1.165) is 13.1 Å². The van der Waals surface area contributed by atoms with Crippen LogP contribution in [0.3, 0.4) is 0 Å². The molecule has 0 amide bonds. The summed E-state index contributed by atoms with van der Waals surface area (Å²) in [5.41, 5.74) is 5.62. The summed E-state index contributed by atoms with van der Waals surface area (Å²) in [5.74, 6) is 0. The van der Waals surface area contributed by atoms with Crippen LogP contribution in [0.5, 0.6) is 0 Å². The van der Waals surface area contributed by atoms with Crippen molar-refractivity contribution in [1.82, 2.24) is 10.2 Å². The number of benzene rings is 1. The highest BCUT2D eigenvalue weighted by Crippen LogP contribution is 2.14. The van der Waals surface area contributed by atoms with Gasteiger partial charge in [-0.15, -0.1) is 0 Å². The van der Waals surface area contributed by atoms with E-state index in [1.54, 1.807) is 0 Å². The molecule has 0 fully saturated rings. The van der Waals surface area contributed by atoms with Gasteiger partial charge in [0.05, 0.1) is 0 Å². The van der Waals surface area contributed by atoms with Crippen LogP contribution in [0.25, 0.3) is 0 Å². The van der Waals surface area contributed by atoms with Crippen LogP contribution in [0.1, 0.15) is 35.1 Å². The first kappa shape index (κ1) is 15.2. The molecule has 1 rings (SSSR count). The molecule has 1 N–H and O–H groups in total. The van der Waals surface area contributed by atoms with Crippen molar-refractivity contribution in [3.8, 4) is 0 Å². The van der Waals surface area contributed by atoms with Crippen molar-refractivity contribution in [1.29, 1.82) is 0 Å². The second-order valence-electron chi connectivity index (χ2n) is 5.55. The van der Waals surface area contributed by atoms with Crippen molar-refractivity contribution in [2.75, 3.05) is 27.2 Å². The lowest BCUT2D eigenvalue weighted by Crippen LogP contribution is -2.18. The van der Waals surface area contributed by atoms with Crippen molar-refractivity contribution in [2.24, 2.45) is 0 Å². The van der Waals surface area contributed by atoms with Gasteiger partial charge in [0.25, 0.3) is 0 Å². The molecule has 0 heterocycles. The molecule has 0 saturated carbocycles. The monoisotopic (exact) mass is 248 g/mol. The molecule has 0 radical (unpaired) electrons. The van der Waals surface area contributed by atoms with Crippen molar-refractivity contribution in [3.63, 3.8) is 0 Å². The molecule has 0 unspecified atom stereocenters. The summed E-state index contributed by atoms with van der Waals surface area (Å²) in [5, 5.41) is 3.54. The van der Waals surface area contributed by atoms with Crippen molar-refractivity contribution < 1.29 is 0 Å². The Bertz CT molecular complexity index is 370. The first-order valence-corrected chi connectivity index (χ1v) is 6.93. The van der Waals surface area contributed by atoms with E-state index >= 15 is 0 Å². The fourth-order valence-electron chi connectivity index (χ4n) is 2.11. The molecule has 102 valence electrons. The van der Waals surface area contributed by atoms with Crippen molar-refractivity contribution >= 4 is 0 Å². The molecule has 0 aliphatic rings. The van der Waals surface area contributed by atoms with Gasteiger partial charge in [-0.1, -0.05) is 12.1 Å². The Morgan fingerprint density at radius 1 is 0.944 bits per heavy atom. The topological polar surface area (TPSA) is 15.3 Å². The molecule has 0 saturated heterocycles. The fourth-order valence-corrected chi connectivity index (χ4v) is 2.11. The van der Waals surface area contributed by atoms with E-state index in [1.165, 1.54) is 41.6 Å². The van der Waals surface area contributed by atoms with Gasteiger partial charge in [0.15, 0.2) is 0 Å². The summed E-state index contributed by atoms with van der Waals surface area (Å²) in [4.78, 5) is 2.24. The van der Waals surface area contributed by atoms with Gasteiger partial charge >= 0.3 is 0 Å². The average Bonchev–Trinajstić information content (AvgIpc) is 2.29. The maximum Gasteiger partial charge on any atom is 0.0208 e. The summed E-state index contributed by atoms with van der Waals surface area (Å²) in [6.07, 6.45) is 2.52. The Balaban J connectivity index is 2.29. The van der Waals surface area contributed by atoms with Crippen LogP contribution >= 0.6 is 0 Å². The highest BCUT2D eigenvalue weighted by Gasteiger charge is 2.01. The first-order valence-electron chi connectivity index (χ1n) is 6.93. The molecule has 0 spiro atoms. The van der Waals surface area contributed by atoms with Gasteiger partial charge in [-0.25, -0.2) is 0 Å². The summed E-state index contributed by atoms with van der Waals surface area (Å²) in [6.45, 7) is 9.87. The average molecular weight is 248 g/mol. The van der Waals surface area contributed by atoms with Gasteiger partial charge in [-0.3, -0.25) is 0 Å². The van der Waals surface area contributed by atoms with Crippen LogP contribution in [-0.4, -0.2) is 32.1 Å². The summed E-state index contributed by atoms with van der Waals surface area (Å²) in [6, 6.07) is 4.61. The van der Waals surface area contributed by atoms with Crippen molar-refractivity contribution in [2.45, 2.75) is 40.2 Å². The standard InChI is InChI=1S/C16H28N2/c1-13-10-15(3)16(11-14(13)2)12-17-8-6-7-9-18(4)5/h10-11,17H,6-9,12H2,1-5H3. The lowest BCUT2D eigenvalue weighted by molar-refractivity contribution is 0.391. The predicted octanol–water partition coefficient (Wildman–Crippen LogP) is 3.04. The normalized spacial score (nSPS) is 11.2. The molecule has 2 heteroatoms. The number of unbranched alkanes of at least 4 members (excludes halogenated alkanes) is 1. The van der Waals surface area contributed by atoms with Gasteiger partial charge in [-0.2, -0.15) is 0 Å². The molecular formula is C16H28N2. The minimum absolute atomic E-state index is 0.995. The van der Waals surface area contributed by atoms with Gasteiger partial charge in [0.2, 0.25) is 0 Å². The summed E-state index contributed by atoms with van der Waals surface area (Å²) < 4.78 is 0. The lowest BCUT2D eigenvalue weighted by atomic mass is 10.0. The second-order valence-corrected chi connectivity index (χ2v) is 5.55. The molecule has 1 aromatic carbocycles. The Kier molecular flexibility index (Phi) is 6.37. The van der Waals surface area contributed by atoms with Gasteiger partial charge in [0.1, 0.15) is 0 Å². The minimum atomic E-state index is 0.995. The van der Waals surface area contributed by atoms with E-state index in [0.29, 0.717) is 0 Å². The van der Waals surface area contributed by atoms with Gasteiger partial charge in [0, 0.05) is 6.54 Å². The quantitative estimate of drug-likeness (QED) is 0.746. The molecule has 2 nitrogen and oxygen atoms in total. The molecular weight excluding hydrogens is 220 g/mol. The summed E-state index contributed by atoms with van der Waals surface area (Å²) >= 11 is 0. The third kappa shape index (κ3) is 5.19. The van der Waals surface area contributed by atoms with E-state index in [9.17, 15) is 0 Å². The van der Waals surface area contributed by atoms with Crippen LogP contribution in [-0.2, 0) is 6.54 Å². The fraction of sp³-hybridized carbons (Fsp3) is 0.625. The SMILES string of the molecule is Cc1cc(C)c(CNCCCCN(C)C)cc1C. The van der Waals surface area contributed by atoms with E-state index in [1.807, 2.05) is 0 Å². The van der Waals surface area contributed by atoms with Crippen LogP contribution in [0.15, 0.2) is 12.1 Å². The number of aryl methyl sites for hydroxylation is 3. The minimum Gasteiger partial charge on any atom is -0.313 e.